The van der Waals surface area contributed by atoms with E-state index < -0.39 is 23.9 Å². The van der Waals surface area contributed by atoms with E-state index in [9.17, 15) is 18.8 Å². The van der Waals surface area contributed by atoms with E-state index in [-0.39, 0.29) is 31.2 Å². The summed E-state index contributed by atoms with van der Waals surface area (Å²) in [5, 5.41) is 13.0. The van der Waals surface area contributed by atoms with Crippen LogP contribution in [0, 0.1) is 11.3 Å². The summed E-state index contributed by atoms with van der Waals surface area (Å²) in [5.41, 5.74) is 3.66. The molecule has 0 bridgehead atoms. The highest BCUT2D eigenvalue weighted by molar-refractivity contribution is 7.17. The number of nitriles is 1. The third-order valence-electron chi connectivity index (χ3n) is 10.5. The van der Waals surface area contributed by atoms with Crippen LogP contribution < -0.4 is 19.3 Å². The first-order valence-electron chi connectivity index (χ1n) is 16.1. The molecule has 3 fully saturated rings. The van der Waals surface area contributed by atoms with Crippen LogP contribution in [-0.4, -0.2) is 90.4 Å². The number of fused-ring (bicyclic) bond motifs is 7. The van der Waals surface area contributed by atoms with E-state index in [1.54, 1.807) is 11.3 Å². The molecule has 0 spiro atoms. The van der Waals surface area contributed by atoms with Crippen molar-refractivity contribution in [2.45, 2.75) is 62.4 Å². The van der Waals surface area contributed by atoms with E-state index in [4.69, 9.17) is 14.5 Å². The van der Waals surface area contributed by atoms with Crippen LogP contribution in [-0.2, 0) is 17.8 Å². The standard InChI is InChI=1S/C34H36F2N6O3S/c1-21(35)33(43)42-17-25-19-44-30-29(41(25)16-24(42)6-10-37)26-7-12-39(28-5-2-4-22-8-13-46-31(22)28)18-27(26)38-32(30)45-20-34-9-3-11-40(34)15-23(36)14-34/h2,4-5,8,13,23-25H,1,3,6-7,9,11-12,14-20H2/t23-,24+,25?,34?/m1/s1. The van der Waals surface area contributed by atoms with Crippen LogP contribution >= 0.6 is 11.3 Å². The number of halogens is 2. The van der Waals surface area contributed by atoms with Crippen molar-refractivity contribution >= 4 is 38.7 Å². The van der Waals surface area contributed by atoms with Crippen molar-refractivity contribution in [3.05, 3.63) is 53.3 Å². The van der Waals surface area contributed by atoms with Gasteiger partial charge < -0.3 is 24.2 Å². The number of aromatic nitrogens is 1. The molecule has 1 amide bonds. The molecule has 46 heavy (non-hydrogen) atoms. The minimum atomic E-state index is -1.03. The van der Waals surface area contributed by atoms with Gasteiger partial charge in [-0.25, -0.2) is 13.8 Å². The Morgan fingerprint density at radius 3 is 3.00 bits per heavy atom. The number of carbonyl (C=O) groups is 1. The van der Waals surface area contributed by atoms with Crippen LogP contribution in [0.5, 0.6) is 11.6 Å². The Hall–Kier alpha value is -3.95. The van der Waals surface area contributed by atoms with E-state index in [1.807, 2.05) is 0 Å². The van der Waals surface area contributed by atoms with E-state index in [0.29, 0.717) is 50.7 Å². The van der Waals surface area contributed by atoms with Crippen LogP contribution in [0.4, 0.5) is 20.2 Å². The van der Waals surface area contributed by atoms with Crippen molar-refractivity contribution in [3.8, 4) is 17.7 Å². The number of pyridine rings is 1. The number of benzene rings is 1. The van der Waals surface area contributed by atoms with Crippen LogP contribution in [0.2, 0.25) is 0 Å². The number of hydrogen-bond acceptors (Lipinski definition) is 9. The summed E-state index contributed by atoms with van der Waals surface area (Å²) in [6.07, 6.45) is 2.27. The Labute approximate surface area is 270 Å². The lowest BCUT2D eigenvalue weighted by molar-refractivity contribution is -0.132. The summed E-state index contributed by atoms with van der Waals surface area (Å²) in [6.45, 7) is 7.03. The molecule has 240 valence electrons. The van der Waals surface area contributed by atoms with E-state index in [0.717, 1.165) is 42.9 Å². The molecule has 2 unspecified atom stereocenters. The van der Waals surface area contributed by atoms with Crippen molar-refractivity contribution in [2.24, 2.45) is 0 Å². The smallest absolute Gasteiger partial charge is 0.282 e. The van der Waals surface area contributed by atoms with Crippen molar-refractivity contribution < 1.29 is 23.0 Å². The number of alkyl halides is 1. The SMILES string of the molecule is C=C(F)C(=O)N1CC2COc3c(OCC45CCCN4C[C@H](F)C5)nc4c(c3N2C[C@@H]1CC#N)CCN(c1cccc2ccsc12)C4. The highest BCUT2D eigenvalue weighted by Crippen LogP contribution is 2.49. The van der Waals surface area contributed by atoms with Crippen molar-refractivity contribution in [1.82, 2.24) is 14.8 Å². The Balaban J connectivity index is 1.18. The molecule has 5 aliphatic rings. The van der Waals surface area contributed by atoms with E-state index in [2.05, 4.69) is 57.0 Å². The van der Waals surface area contributed by atoms with E-state index >= 15 is 0 Å². The number of piperazine rings is 1. The zero-order valence-corrected chi connectivity index (χ0v) is 26.4. The van der Waals surface area contributed by atoms with Crippen molar-refractivity contribution in [3.63, 3.8) is 0 Å². The zero-order chi connectivity index (χ0) is 31.6. The van der Waals surface area contributed by atoms with Crippen LogP contribution in [0.15, 0.2) is 42.1 Å². The van der Waals surface area contributed by atoms with Crippen LogP contribution in [0.25, 0.3) is 10.1 Å². The fraction of sp³-hybridized carbons (Fsp3) is 0.500. The van der Waals surface area contributed by atoms with Crippen molar-refractivity contribution in [1.29, 1.82) is 5.26 Å². The molecule has 0 N–H and O–H groups in total. The first-order chi connectivity index (χ1) is 22.3. The molecule has 1 aromatic carbocycles. The number of anilines is 2. The number of carbonyl (C=O) groups excluding carboxylic acids is 1. The second-order valence-electron chi connectivity index (χ2n) is 13.2. The molecule has 5 aliphatic heterocycles. The van der Waals surface area contributed by atoms with Crippen LogP contribution in [0.3, 0.4) is 0 Å². The summed E-state index contributed by atoms with van der Waals surface area (Å²) in [4.78, 5) is 26.1. The van der Waals surface area contributed by atoms with Gasteiger partial charge in [-0.05, 0) is 48.7 Å². The summed E-state index contributed by atoms with van der Waals surface area (Å²) in [5.74, 6) is -0.855. The second-order valence-corrected chi connectivity index (χ2v) is 14.1. The molecule has 3 saturated heterocycles. The molecule has 0 saturated carbocycles. The molecule has 12 heteroatoms. The molecule has 8 rings (SSSR count). The summed E-state index contributed by atoms with van der Waals surface area (Å²) >= 11 is 1.73. The maximum atomic E-state index is 14.6. The van der Waals surface area contributed by atoms with Gasteiger partial charge >= 0.3 is 0 Å². The molecule has 7 heterocycles. The highest BCUT2D eigenvalue weighted by atomic mass is 32.1. The number of nitrogens with zero attached hydrogens (tertiary/aromatic N) is 6. The molecule has 4 atom stereocenters. The maximum Gasteiger partial charge on any atom is 0.282 e. The molecular weight excluding hydrogens is 610 g/mol. The van der Waals surface area contributed by atoms with Gasteiger partial charge in [0.1, 0.15) is 19.4 Å². The molecular formula is C34H36F2N6O3S. The van der Waals surface area contributed by atoms with Gasteiger partial charge in [0.25, 0.3) is 11.8 Å². The number of ether oxygens (including phenoxy) is 2. The minimum absolute atomic E-state index is 0.0659. The number of amides is 1. The Morgan fingerprint density at radius 2 is 2.15 bits per heavy atom. The van der Waals surface area contributed by atoms with E-state index in [1.165, 1.54) is 20.7 Å². The minimum Gasteiger partial charge on any atom is -0.484 e. The normalized spacial score (nSPS) is 27.0. The fourth-order valence-corrected chi connectivity index (χ4v) is 9.30. The third-order valence-corrected chi connectivity index (χ3v) is 11.5. The maximum absolute atomic E-state index is 14.6. The largest absolute Gasteiger partial charge is 0.484 e. The average molecular weight is 647 g/mol. The quantitative estimate of drug-likeness (QED) is 0.347. The third kappa shape index (κ3) is 4.78. The topological polar surface area (TPSA) is 85.2 Å². The first kappa shape index (κ1) is 29.5. The fourth-order valence-electron chi connectivity index (χ4n) is 8.36. The Bertz CT molecular complexity index is 1760. The summed E-state index contributed by atoms with van der Waals surface area (Å²) in [6, 6.07) is 9.93. The molecule has 9 nitrogen and oxygen atoms in total. The van der Waals surface area contributed by atoms with Gasteiger partial charge in [-0.1, -0.05) is 18.7 Å². The first-order valence-corrected chi connectivity index (χ1v) is 16.9. The Kier molecular flexibility index (Phi) is 7.29. The molecule has 2 aromatic heterocycles. The summed E-state index contributed by atoms with van der Waals surface area (Å²) < 4.78 is 42.9. The van der Waals surface area contributed by atoms with Gasteiger partial charge in [0.2, 0.25) is 5.75 Å². The monoisotopic (exact) mass is 646 g/mol. The van der Waals surface area contributed by atoms with Crippen molar-refractivity contribution in [2.75, 3.05) is 55.7 Å². The van der Waals surface area contributed by atoms with Gasteiger partial charge in [0.05, 0.1) is 58.4 Å². The highest BCUT2D eigenvalue weighted by Gasteiger charge is 2.50. The molecule has 3 aromatic rings. The second kappa shape index (κ2) is 11.4. The molecule has 0 aliphatic carbocycles. The van der Waals surface area contributed by atoms with Gasteiger partial charge in [-0.15, -0.1) is 11.3 Å². The predicted octanol–water partition coefficient (Wildman–Crippen LogP) is 4.99. The number of thiophene rings is 1. The number of hydrogen-bond donors (Lipinski definition) is 0. The van der Waals surface area contributed by atoms with Gasteiger partial charge in [-0.2, -0.15) is 5.26 Å². The van der Waals surface area contributed by atoms with Gasteiger partial charge in [0.15, 0.2) is 5.83 Å². The molecule has 0 radical (unpaired) electrons. The van der Waals surface area contributed by atoms with Gasteiger partial charge in [0, 0.05) is 38.2 Å². The summed E-state index contributed by atoms with van der Waals surface area (Å²) in [7, 11) is 0. The lowest BCUT2D eigenvalue weighted by Crippen LogP contribution is -2.63. The van der Waals surface area contributed by atoms with Gasteiger partial charge in [-0.3, -0.25) is 9.69 Å². The lowest BCUT2D eigenvalue weighted by atomic mass is 9.94. The number of rotatable bonds is 6. The average Bonchev–Trinajstić information content (AvgIpc) is 3.76. The lowest BCUT2D eigenvalue weighted by Gasteiger charge is -2.50. The Morgan fingerprint density at radius 1 is 1.26 bits per heavy atom. The van der Waals surface area contributed by atoms with Crippen LogP contribution in [0.1, 0.15) is 36.9 Å². The predicted molar refractivity (Wildman–Crippen MR) is 172 cm³/mol. The zero-order valence-electron chi connectivity index (χ0n) is 25.6.